The van der Waals surface area contributed by atoms with Gasteiger partial charge in [0.1, 0.15) is 11.3 Å². The van der Waals surface area contributed by atoms with Crippen molar-refractivity contribution in [2.45, 2.75) is 6.92 Å². The minimum Gasteiger partial charge on any atom is -0.477 e. The lowest BCUT2D eigenvalue weighted by molar-refractivity contribution is 0.0698. The van der Waals surface area contributed by atoms with E-state index in [9.17, 15) is 14.7 Å². The minimum atomic E-state index is -1.10. The summed E-state index contributed by atoms with van der Waals surface area (Å²) in [5, 5.41) is 22.3. The first kappa shape index (κ1) is 17.2. The smallest absolute Gasteiger partial charge is 0.341 e. The summed E-state index contributed by atoms with van der Waals surface area (Å²) < 4.78 is 6.35. The number of benzene rings is 1. The van der Waals surface area contributed by atoms with Crippen molar-refractivity contribution in [3.05, 3.63) is 60.1 Å². The Hall–Kier alpha value is -4.21. The molecule has 0 atom stereocenters. The number of anilines is 2. The fraction of sp³-hybridized carbons (Fsp3) is 0.0556. The van der Waals surface area contributed by atoms with Crippen LogP contribution in [0.2, 0.25) is 0 Å². The summed E-state index contributed by atoms with van der Waals surface area (Å²) in [6, 6.07) is 9.88. The van der Waals surface area contributed by atoms with Crippen molar-refractivity contribution < 1.29 is 19.2 Å². The van der Waals surface area contributed by atoms with Crippen molar-refractivity contribution in [2.24, 2.45) is 0 Å². The Bertz CT molecular complexity index is 1200. The summed E-state index contributed by atoms with van der Waals surface area (Å²) in [6.45, 7) is 1.72. The predicted octanol–water partition coefficient (Wildman–Crippen LogP) is 3.03. The molecule has 0 fully saturated rings. The molecule has 140 valence electrons. The van der Waals surface area contributed by atoms with Gasteiger partial charge in [0, 0.05) is 23.5 Å². The molecule has 0 bridgehead atoms. The van der Waals surface area contributed by atoms with Gasteiger partial charge in [0.05, 0.1) is 11.9 Å². The molecule has 0 aliphatic rings. The number of carbonyl (C=O) groups is 2. The highest BCUT2D eigenvalue weighted by Gasteiger charge is 2.15. The molecule has 4 aromatic rings. The Morgan fingerprint density at radius 1 is 1.18 bits per heavy atom. The first-order valence-electron chi connectivity index (χ1n) is 8.19. The monoisotopic (exact) mass is 378 g/mol. The molecule has 0 radical (unpaired) electrons. The van der Waals surface area contributed by atoms with Crippen LogP contribution in [0.15, 0.2) is 53.3 Å². The van der Waals surface area contributed by atoms with Gasteiger partial charge in [-0.05, 0) is 25.1 Å². The number of carbonyl (C=O) groups excluding carboxylic acids is 1. The van der Waals surface area contributed by atoms with Crippen LogP contribution in [0, 0.1) is 6.92 Å². The summed E-state index contributed by atoms with van der Waals surface area (Å²) in [5.41, 5.74) is 2.14. The number of nitrogens with zero attached hydrogens (tertiary/aromatic N) is 4. The van der Waals surface area contributed by atoms with Crippen LogP contribution in [0.4, 0.5) is 16.3 Å². The third kappa shape index (κ3) is 3.26. The van der Waals surface area contributed by atoms with E-state index >= 15 is 0 Å². The summed E-state index contributed by atoms with van der Waals surface area (Å²) >= 11 is 0. The van der Waals surface area contributed by atoms with Crippen molar-refractivity contribution in [1.29, 1.82) is 0 Å². The van der Waals surface area contributed by atoms with E-state index in [4.69, 9.17) is 4.52 Å². The van der Waals surface area contributed by atoms with E-state index in [0.29, 0.717) is 23.0 Å². The predicted molar refractivity (Wildman–Crippen MR) is 99.3 cm³/mol. The Morgan fingerprint density at radius 2 is 2.04 bits per heavy atom. The molecule has 0 aliphatic heterocycles. The molecule has 2 amide bonds. The first-order chi connectivity index (χ1) is 13.5. The fourth-order valence-corrected chi connectivity index (χ4v) is 2.72. The number of aromatic carboxylic acids is 1. The zero-order valence-electron chi connectivity index (χ0n) is 14.6. The maximum absolute atomic E-state index is 12.1. The molecular weight excluding hydrogens is 364 g/mol. The second-order valence-electron chi connectivity index (χ2n) is 5.91. The third-order valence-electron chi connectivity index (χ3n) is 3.92. The van der Waals surface area contributed by atoms with E-state index in [1.54, 1.807) is 37.3 Å². The van der Waals surface area contributed by atoms with Gasteiger partial charge in [-0.25, -0.2) is 19.1 Å². The number of aryl methyl sites for hydroxylation is 1. The topological polar surface area (TPSA) is 135 Å². The molecule has 3 heterocycles. The van der Waals surface area contributed by atoms with Gasteiger partial charge < -0.3 is 14.9 Å². The van der Waals surface area contributed by atoms with E-state index in [-0.39, 0.29) is 11.2 Å². The number of carboxylic acid groups (broad SMARTS) is 1. The Kier molecular flexibility index (Phi) is 4.20. The number of aromatic nitrogens is 4. The molecule has 0 aliphatic carbocycles. The van der Waals surface area contributed by atoms with Gasteiger partial charge in [-0.2, -0.15) is 5.10 Å². The zero-order chi connectivity index (χ0) is 19.7. The maximum atomic E-state index is 12.1. The molecule has 28 heavy (non-hydrogen) atoms. The molecule has 3 aromatic heterocycles. The summed E-state index contributed by atoms with van der Waals surface area (Å²) in [7, 11) is 0. The molecule has 0 unspecified atom stereocenters. The van der Waals surface area contributed by atoms with Crippen LogP contribution in [0.25, 0.3) is 16.9 Å². The molecule has 0 spiro atoms. The van der Waals surface area contributed by atoms with Crippen molar-refractivity contribution in [3.8, 4) is 11.3 Å². The molecule has 3 N–H and O–H groups in total. The second kappa shape index (κ2) is 6.83. The minimum absolute atomic E-state index is 0.0124. The molecular formula is C18H14N6O4. The van der Waals surface area contributed by atoms with Gasteiger partial charge in [-0.15, -0.1) is 0 Å². The summed E-state index contributed by atoms with van der Waals surface area (Å²) in [4.78, 5) is 27.5. The molecule has 0 saturated carbocycles. The average Bonchev–Trinajstić information content (AvgIpc) is 3.27. The summed E-state index contributed by atoms with van der Waals surface area (Å²) in [6.07, 6.45) is 2.77. The Labute approximate surface area is 157 Å². The van der Waals surface area contributed by atoms with Crippen LogP contribution in [0.1, 0.15) is 16.1 Å². The van der Waals surface area contributed by atoms with E-state index in [2.05, 4.69) is 25.9 Å². The van der Waals surface area contributed by atoms with Crippen LogP contribution in [0.3, 0.4) is 0 Å². The SMILES string of the molecule is Cc1cc(NC(=O)Nc2cccc(-c3ccnc4c(C(=O)O)cnn34)c2)no1. The van der Waals surface area contributed by atoms with Crippen molar-refractivity contribution in [3.63, 3.8) is 0 Å². The number of hydrogen-bond acceptors (Lipinski definition) is 6. The molecule has 10 nitrogen and oxygen atoms in total. The van der Waals surface area contributed by atoms with Crippen LogP contribution >= 0.6 is 0 Å². The van der Waals surface area contributed by atoms with Gasteiger partial charge in [0.25, 0.3) is 0 Å². The van der Waals surface area contributed by atoms with Crippen molar-refractivity contribution in [1.82, 2.24) is 19.8 Å². The van der Waals surface area contributed by atoms with Gasteiger partial charge in [-0.3, -0.25) is 5.32 Å². The standard InChI is InChI=1S/C18H14N6O4/c1-10-7-15(23-28-10)22-18(27)21-12-4-2-3-11(8-12)14-5-6-19-16-13(17(25)26)9-20-24(14)16/h2-9H,1H3,(H,25,26)(H2,21,22,23,27). The summed E-state index contributed by atoms with van der Waals surface area (Å²) in [5.74, 6) is -0.214. The normalized spacial score (nSPS) is 10.8. The van der Waals surface area contributed by atoms with E-state index < -0.39 is 12.0 Å². The number of fused-ring (bicyclic) bond motifs is 1. The number of carboxylic acids is 1. The van der Waals surface area contributed by atoms with Gasteiger partial charge in [0.15, 0.2) is 11.5 Å². The number of rotatable bonds is 4. The van der Waals surface area contributed by atoms with Crippen LogP contribution in [0.5, 0.6) is 0 Å². The van der Waals surface area contributed by atoms with Crippen molar-refractivity contribution >= 4 is 29.2 Å². The second-order valence-corrected chi connectivity index (χ2v) is 5.91. The zero-order valence-corrected chi connectivity index (χ0v) is 14.6. The highest BCUT2D eigenvalue weighted by molar-refractivity contribution is 5.99. The van der Waals surface area contributed by atoms with E-state index in [0.717, 1.165) is 5.56 Å². The Balaban J connectivity index is 1.61. The highest BCUT2D eigenvalue weighted by Crippen LogP contribution is 2.24. The lowest BCUT2D eigenvalue weighted by atomic mass is 10.1. The quantitative estimate of drug-likeness (QED) is 0.497. The lowest BCUT2D eigenvalue weighted by Gasteiger charge is -2.09. The average molecular weight is 378 g/mol. The van der Waals surface area contributed by atoms with Crippen LogP contribution in [-0.2, 0) is 0 Å². The molecule has 10 heteroatoms. The largest absolute Gasteiger partial charge is 0.477 e. The number of urea groups is 1. The molecule has 4 rings (SSSR count). The molecule has 0 saturated heterocycles. The first-order valence-corrected chi connectivity index (χ1v) is 8.19. The van der Waals surface area contributed by atoms with Crippen molar-refractivity contribution in [2.75, 3.05) is 10.6 Å². The number of hydrogen-bond donors (Lipinski definition) is 3. The van der Waals surface area contributed by atoms with E-state index in [1.807, 2.05) is 6.07 Å². The highest BCUT2D eigenvalue weighted by atomic mass is 16.5. The van der Waals surface area contributed by atoms with Gasteiger partial charge >= 0.3 is 12.0 Å². The van der Waals surface area contributed by atoms with Crippen LogP contribution < -0.4 is 10.6 Å². The van der Waals surface area contributed by atoms with Crippen LogP contribution in [-0.4, -0.2) is 36.9 Å². The Morgan fingerprint density at radius 3 is 2.79 bits per heavy atom. The fourth-order valence-electron chi connectivity index (χ4n) is 2.72. The number of amides is 2. The molecule has 1 aromatic carbocycles. The number of nitrogens with one attached hydrogen (secondary N) is 2. The van der Waals surface area contributed by atoms with Gasteiger partial charge in [-0.1, -0.05) is 17.3 Å². The van der Waals surface area contributed by atoms with E-state index in [1.165, 1.54) is 16.9 Å². The lowest BCUT2D eigenvalue weighted by Crippen LogP contribution is -2.19. The van der Waals surface area contributed by atoms with Gasteiger partial charge in [0.2, 0.25) is 0 Å². The third-order valence-corrected chi connectivity index (χ3v) is 3.92. The maximum Gasteiger partial charge on any atom is 0.341 e.